The Labute approximate surface area is 159 Å². The van der Waals surface area contributed by atoms with Gasteiger partial charge in [0.25, 0.3) is 0 Å². The molecule has 0 unspecified atom stereocenters. The van der Waals surface area contributed by atoms with E-state index in [4.69, 9.17) is 0 Å². The van der Waals surface area contributed by atoms with Crippen molar-refractivity contribution in [2.45, 2.75) is 20.8 Å². The van der Waals surface area contributed by atoms with Gasteiger partial charge in [0, 0.05) is 17.1 Å². The van der Waals surface area contributed by atoms with Gasteiger partial charge in [-0.15, -0.1) is 0 Å². The standard InChI is InChI=1S/C23H22N2O2/c1-16-4-10-19(11-5-16)24-22(26)23(27)25(20-12-6-17(2)7-13-20)21-14-8-18(3)9-15-21/h4-15H,1-3H3,(H,24,26). The second-order valence-electron chi connectivity index (χ2n) is 6.63. The molecule has 0 aromatic heterocycles. The number of rotatable bonds is 3. The average molecular weight is 358 g/mol. The summed E-state index contributed by atoms with van der Waals surface area (Å²) in [4.78, 5) is 27.0. The zero-order valence-corrected chi connectivity index (χ0v) is 15.7. The van der Waals surface area contributed by atoms with E-state index in [1.807, 2.05) is 81.4 Å². The number of aryl methyl sites for hydroxylation is 3. The van der Waals surface area contributed by atoms with Crippen LogP contribution in [0.4, 0.5) is 17.1 Å². The van der Waals surface area contributed by atoms with Crippen LogP contribution in [-0.4, -0.2) is 11.8 Å². The van der Waals surface area contributed by atoms with Crippen LogP contribution in [0.2, 0.25) is 0 Å². The molecule has 0 atom stereocenters. The first-order valence-electron chi connectivity index (χ1n) is 8.79. The maximum atomic E-state index is 13.0. The molecule has 27 heavy (non-hydrogen) atoms. The van der Waals surface area contributed by atoms with Crippen LogP contribution >= 0.6 is 0 Å². The Kier molecular flexibility index (Phi) is 5.36. The van der Waals surface area contributed by atoms with Gasteiger partial charge in [-0.3, -0.25) is 14.5 Å². The third kappa shape index (κ3) is 4.42. The molecule has 4 heteroatoms. The molecule has 0 spiro atoms. The molecule has 2 amide bonds. The first-order valence-corrected chi connectivity index (χ1v) is 8.79. The molecule has 0 aliphatic heterocycles. The molecule has 0 radical (unpaired) electrons. The molecule has 0 bridgehead atoms. The normalized spacial score (nSPS) is 10.3. The maximum absolute atomic E-state index is 13.0. The van der Waals surface area contributed by atoms with Gasteiger partial charge < -0.3 is 5.32 Å². The van der Waals surface area contributed by atoms with Crippen molar-refractivity contribution in [1.82, 2.24) is 0 Å². The lowest BCUT2D eigenvalue weighted by molar-refractivity contribution is -0.134. The zero-order valence-electron chi connectivity index (χ0n) is 15.7. The Bertz CT molecular complexity index is 898. The second kappa shape index (κ2) is 7.87. The smallest absolute Gasteiger partial charge is 0.318 e. The van der Waals surface area contributed by atoms with Crippen LogP contribution in [0.5, 0.6) is 0 Å². The van der Waals surface area contributed by atoms with Gasteiger partial charge in [0.1, 0.15) is 0 Å². The maximum Gasteiger partial charge on any atom is 0.321 e. The molecule has 0 saturated heterocycles. The summed E-state index contributed by atoms with van der Waals surface area (Å²) in [6.07, 6.45) is 0. The van der Waals surface area contributed by atoms with E-state index in [-0.39, 0.29) is 0 Å². The molecule has 0 aliphatic carbocycles. The highest BCUT2D eigenvalue weighted by Gasteiger charge is 2.25. The lowest BCUT2D eigenvalue weighted by Crippen LogP contribution is -2.36. The summed E-state index contributed by atoms with van der Waals surface area (Å²) in [5, 5.41) is 2.68. The summed E-state index contributed by atoms with van der Waals surface area (Å²) in [7, 11) is 0. The second-order valence-corrected chi connectivity index (χ2v) is 6.63. The Balaban J connectivity index is 1.92. The number of hydrogen-bond donors (Lipinski definition) is 1. The van der Waals surface area contributed by atoms with Crippen molar-refractivity contribution in [3.8, 4) is 0 Å². The van der Waals surface area contributed by atoms with Gasteiger partial charge in [-0.2, -0.15) is 0 Å². The predicted molar refractivity (Wildman–Crippen MR) is 109 cm³/mol. The number of nitrogens with zero attached hydrogens (tertiary/aromatic N) is 1. The average Bonchev–Trinajstić information content (AvgIpc) is 2.66. The molecular formula is C23H22N2O2. The van der Waals surface area contributed by atoms with E-state index in [1.165, 1.54) is 4.90 Å². The number of benzene rings is 3. The third-order valence-electron chi connectivity index (χ3n) is 4.29. The number of hydrogen-bond acceptors (Lipinski definition) is 2. The summed E-state index contributed by atoms with van der Waals surface area (Å²) < 4.78 is 0. The highest BCUT2D eigenvalue weighted by atomic mass is 16.2. The first-order chi connectivity index (χ1) is 12.9. The first kappa shape index (κ1) is 18.4. The van der Waals surface area contributed by atoms with Gasteiger partial charge >= 0.3 is 11.8 Å². The summed E-state index contributed by atoms with van der Waals surface area (Å²) in [6.45, 7) is 5.92. The van der Waals surface area contributed by atoms with Gasteiger partial charge in [-0.1, -0.05) is 53.1 Å². The molecule has 3 rings (SSSR count). The fourth-order valence-corrected chi connectivity index (χ4v) is 2.69. The summed E-state index contributed by atoms with van der Waals surface area (Å²) in [5.74, 6) is -1.32. The topological polar surface area (TPSA) is 49.4 Å². The molecule has 0 fully saturated rings. The molecule has 0 saturated carbocycles. The summed E-state index contributed by atoms with van der Waals surface area (Å²) in [6, 6.07) is 22.4. The molecular weight excluding hydrogens is 336 g/mol. The highest BCUT2D eigenvalue weighted by molar-refractivity contribution is 6.45. The van der Waals surface area contributed by atoms with Crippen molar-refractivity contribution < 1.29 is 9.59 Å². The minimum atomic E-state index is -0.681. The van der Waals surface area contributed by atoms with E-state index < -0.39 is 11.8 Å². The quantitative estimate of drug-likeness (QED) is 0.676. The number of carbonyl (C=O) groups excluding carboxylic acids is 2. The van der Waals surface area contributed by atoms with Crippen molar-refractivity contribution in [3.63, 3.8) is 0 Å². The van der Waals surface area contributed by atoms with Crippen molar-refractivity contribution in [2.75, 3.05) is 10.2 Å². The highest BCUT2D eigenvalue weighted by Crippen LogP contribution is 2.26. The van der Waals surface area contributed by atoms with Crippen molar-refractivity contribution in [3.05, 3.63) is 89.5 Å². The Morgan fingerprint density at radius 3 is 1.41 bits per heavy atom. The lowest BCUT2D eigenvalue weighted by Gasteiger charge is -2.23. The Hall–Kier alpha value is -3.40. The van der Waals surface area contributed by atoms with Crippen molar-refractivity contribution in [2.24, 2.45) is 0 Å². The van der Waals surface area contributed by atoms with Crippen LogP contribution in [0, 0.1) is 20.8 Å². The van der Waals surface area contributed by atoms with Gasteiger partial charge in [-0.25, -0.2) is 0 Å². The van der Waals surface area contributed by atoms with Crippen molar-refractivity contribution >= 4 is 28.9 Å². The van der Waals surface area contributed by atoms with E-state index in [2.05, 4.69) is 5.32 Å². The number of nitrogens with one attached hydrogen (secondary N) is 1. The molecule has 1 N–H and O–H groups in total. The van der Waals surface area contributed by atoms with Crippen LogP contribution in [0.25, 0.3) is 0 Å². The molecule has 0 heterocycles. The van der Waals surface area contributed by atoms with Gasteiger partial charge in [0.15, 0.2) is 0 Å². The molecule has 4 nitrogen and oxygen atoms in total. The number of carbonyl (C=O) groups is 2. The summed E-state index contributed by atoms with van der Waals surface area (Å²) >= 11 is 0. The van der Waals surface area contributed by atoms with Crippen LogP contribution < -0.4 is 10.2 Å². The largest absolute Gasteiger partial charge is 0.321 e. The Morgan fingerprint density at radius 2 is 1.00 bits per heavy atom. The van der Waals surface area contributed by atoms with E-state index >= 15 is 0 Å². The third-order valence-corrected chi connectivity index (χ3v) is 4.29. The SMILES string of the molecule is Cc1ccc(NC(=O)C(=O)N(c2ccc(C)cc2)c2ccc(C)cc2)cc1. The van der Waals surface area contributed by atoms with Gasteiger partial charge in [-0.05, 0) is 57.2 Å². The van der Waals surface area contributed by atoms with Gasteiger partial charge in [0.2, 0.25) is 0 Å². The van der Waals surface area contributed by atoms with E-state index in [1.54, 1.807) is 12.1 Å². The molecule has 3 aromatic carbocycles. The molecule has 136 valence electrons. The van der Waals surface area contributed by atoms with E-state index in [0.29, 0.717) is 17.1 Å². The fourth-order valence-electron chi connectivity index (χ4n) is 2.69. The van der Waals surface area contributed by atoms with Crippen LogP contribution in [0.15, 0.2) is 72.8 Å². The number of anilines is 3. The Morgan fingerprint density at radius 1 is 0.630 bits per heavy atom. The minimum Gasteiger partial charge on any atom is -0.318 e. The van der Waals surface area contributed by atoms with Crippen LogP contribution in [0.1, 0.15) is 16.7 Å². The molecule has 0 aliphatic rings. The van der Waals surface area contributed by atoms with Gasteiger partial charge in [0.05, 0.1) is 0 Å². The molecule has 3 aromatic rings. The predicted octanol–water partition coefficient (Wildman–Crippen LogP) is 4.92. The van der Waals surface area contributed by atoms with E-state index in [0.717, 1.165) is 16.7 Å². The fraction of sp³-hybridized carbons (Fsp3) is 0.130. The van der Waals surface area contributed by atoms with E-state index in [9.17, 15) is 9.59 Å². The summed E-state index contributed by atoms with van der Waals surface area (Å²) in [5.41, 5.74) is 5.13. The van der Waals surface area contributed by atoms with Crippen molar-refractivity contribution in [1.29, 1.82) is 0 Å². The van der Waals surface area contributed by atoms with Crippen LogP contribution in [-0.2, 0) is 9.59 Å². The van der Waals surface area contributed by atoms with Crippen LogP contribution in [0.3, 0.4) is 0 Å². The lowest BCUT2D eigenvalue weighted by atomic mass is 10.1. The zero-order chi connectivity index (χ0) is 19.4. The minimum absolute atomic E-state index is 0.590. The number of amides is 2. The monoisotopic (exact) mass is 358 g/mol.